The van der Waals surface area contributed by atoms with Gasteiger partial charge >= 0.3 is 29.0 Å². The van der Waals surface area contributed by atoms with Gasteiger partial charge in [-0.05, 0) is 0 Å². The van der Waals surface area contributed by atoms with Crippen LogP contribution in [0, 0.1) is 0 Å². The summed E-state index contributed by atoms with van der Waals surface area (Å²) < 4.78 is 156. The molecular weight excluding hydrogens is 361 g/mol. The quantitative estimate of drug-likeness (QED) is 0.456. The van der Waals surface area contributed by atoms with E-state index in [-0.39, 0.29) is 6.15 Å². The van der Waals surface area contributed by atoms with Gasteiger partial charge < -0.3 is 75.2 Å². The SMILES string of the molecule is F[B-](F)(F)F.F[B-](F)(F)F.F[B-](F)(F)F.F[B-](F)(F)F.N. The molecule has 1 nitrogen and oxygen atoms in total. The Bertz CT molecular complexity index is 130. The summed E-state index contributed by atoms with van der Waals surface area (Å²) in [4.78, 5) is 0. The first-order chi connectivity index (χ1) is 8.00. The van der Waals surface area contributed by atoms with Crippen LogP contribution in [0.15, 0.2) is 0 Å². The lowest BCUT2D eigenvalue weighted by atomic mass is 10.3. The molecule has 0 aromatic heterocycles. The molecule has 0 saturated carbocycles. The molecule has 21 heteroatoms. The molecule has 0 aliphatic carbocycles. The highest BCUT2D eigenvalue weighted by molar-refractivity contribution is 6.50. The molecule has 0 atom stereocenters. The molecule has 0 fully saturated rings. The molecule has 0 spiro atoms. The van der Waals surface area contributed by atoms with Gasteiger partial charge in [0.25, 0.3) is 0 Å². The van der Waals surface area contributed by atoms with E-state index in [0.29, 0.717) is 0 Å². The molecule has 0 radical (unpaired) electrons. The second kappa shape index (κ2) is 11.7. The van der Waals surface area contributed by atoms with Gasteiger partial charge in [0, 0.05) is 0 Å². The van der Waals surface area contributed by atoms with E-state index in [9.17, 15) is 69.1 Å². The first-order valence-corrected chi connectivity index (χ1v) is 3.49. The van der Waals surface area contributed by atoms with E-state index in [0.717, 1.165) is 0 Å². The van der Waals surface area contributed by atoms with Crippen LogP contribution < -0.4 is 6.15 Å². The van der Waals surface area contributed by atoms with Gasteiger partial charge in [-0.1, -0.05) is 0 Å². The van der Waals surface area contributed by atoms with Crippen molar-refractivity contribution in [1.29, 1.82) is 0 Å². The van der Waals surface area contributed by atoms with Crippen molar-refractivity contribution in [2.24, 2.45) is 0 Å². The summed E-state index contributed by atoms with van der Waals surface area (Å²) in [6.07, 6.45) is 0. The molecule has 0 aliphatic heterocycles. The summed E-state index contributed by atoms with van der Waals surface area (Å²) in [5, 5.41) is 0. The Labute approximate surface area is 106 Å². The average molecular weight is 364 g/mol. The Hall–Kier alpha value is -0.900. The lowest BCUT2D eigenvalue weighted by Gasteiger charge is -1.94. The highest BCUT2D eigenvalue weighted by Gasteiger charge is 2.21. The van der Waals surface area contributed by atoms with Crippen molar-refractivity contribution in [3.63, 3.8) is 0 Å². The summed E-state index contributed by atoms with van der Waals surface area (Å²) in [7, 11) is -24.0. The third-order valence-electron chi connectivity index (χ3n) is 0. The minimum absolute atomic E-state index is 0. The maximum atomic E-state index is 9.75. The van der Waals surface area contributed by atoms with E-state index in [1.165, 1.54) is 0 Å². The Morgan fingerprint density at radius 3 is 0.238 bits per heavy atom. The van der Waals surface area contributed by atoms with E-state index >= 15 is 0 Å². The maximum absolute atomic E-state index is 9.75. The fraction of sp³-hybridized carbons (Fsp3) is 0. The zero-order valence-corrected chi connectivity index (χ0v) is 9.06. The largest absolute Gasteiger partial charge is 0.673 e. The Morgan fingerprint density at radius 1 is 0.238 bits per heavy atom. The molecule has 0 aromatic carbocycles. The Kier molecular flexibility index (Phi) is 18.0. The number of hydrogen-bond acceptors (Lipinski definition) is 1. The first kappa shape index (κ1) is 32.2. The van der Waals surface area contributed by atoms with Crippen LogP contribution in [0.5, 0.6) is 0 Å². The van der Waals surface area contributed by atoms with E-state index in [4.69, 9.17) is 0 Å². The van der Waals surface area contributed by atoms with Crippen LogP contribution in [0.3, 0.4) is 0 Å². The van der Waals surface area contributed by atoms with Crippen molar-refractivity contribution in [3.05, 3.63) is 0 Å². The molecule has 3 N–H and O–H groups in total. The van der Waals surface area contributed by atoms with Crippen molar-refractivity contribution < 1.29 is 69.1 Å². The van der Waals surface area contributed by atoms with Gasteiger partial charge in [0.1, 0.15) is 0 Å². The normalized spacial score (nSPS) is 11.4. The van der Waals surface area contributed by atoms with Gasteiger partial charge in [-0.2, -0.15) is 0 Å². The molecule has 0 aromatic rings. The summed E-state index contributed by atoms with van der Waals surface area (Å²) >= 11 is 0. The predicted molar refractivity (Wildman–Crippen MR) is 45.8 cm³/mol. The third kappa shape index (κ3) is 6890. The molecule has 0 bridgehead atoms. The van der Waals surface area contributed by atoms with Crippen LogP contribution >= 0.6 is 0 Å². The molecule has 0 rings (SSSR count). The number of hydrogen-bond donors (Lipinski definition) is 1. The van der Waals surface area contributed by atoms with Gasteiger partial charge in [-0.15, -0.1) is 0 Å². The second-order valence-corrected chi connectivity index (χ2v) is 1.98. The molecule has 0 saturated heterocycles. The highest BCUT2D eigenvalue weighted by Crippen LogP contribution is 2.08. The van der Waals surface area contributed by atoms with E-state index < -0.39 is 29.0 Å². The van der Waals surface area contributed by atoms with Crippen molar-refractivity contribution in [1.82, 2.24) is 6.15 Å². The molecule has 21 heavy (non-hydrogen) atoms. The summed E-state index contributed by atoms with van der Waals surface area (Å²) in [5.41, 5.74) is 0. The smallest absolute Gasteiger partial charge is 0.418 e. The van der Waals surface area contributed by atoms with Crippen LogP contribution in [0.4, 0.5) is 69.1 Å². The highest BCUT2D eigenvalue weighted by atomic mass is 19.5. The van der Waals surface area contributed by atoms with Crippen LogP contribution in [0.25, 0.3) is 0 Å². The topological polar surface area (TPSA) is 35.0 Å². The van der Waals surface area contributed by atoms with E-state index in [1.807, 2.05) is 0 Å². The second-order valence-electron chi connectivity index (χ2n) is 1.98. The van der Waals surface area contributed by atoms with Crippen LogP contribution in [0.1, 0.15) is 0 Å². The zero-order chi connectivity index (χ0) is 18.0. The summed E-state index contributed by atoms with van der Waals surface area (Å²) in [5.74, 6) is 0. The van der Waals surface area contributed by atoms with Gasteiger partial charge in [0.05, 0.1) is 0 Å². The standard InChI is InChI=1S/4BF4.H3N/c4*2-1(3,4)5;/h;;;;1H3/q4*-1;. The fourth-order valence-electron chi connectivity index (χ4n) is 0. The van der Waals surface area contributed by atoms with Crippen LogP contribution in [-0.4, -0.2) is 29.0 Å². The summed E-state index contributed by atoms with van der Waals surface area (Å²) in [6.45, 7) is 0. The Morgan fingerprint density at radius 2 is 0.238 bits per heavy atom. The van der Waals surface area contributed by atoms with Gasteiger partial charge in [0.15, 0.2) is 0 Å². The van der Waals surface area contributed by atoms with Gasteiger partial charge in [-0.3, -0.25) is 0 Å². The lowest BCUT2D eigenvalue weighted by Crippen LogP contribution is -2.02. The lowest BCUT2D eigenvalue weighted by molar-refractivity contribution is 0.366. The van der Waals surface area contributed by atoms with Crippen molar-refractivity contribution in [3.8, 4) is 0 Å². The fourth-order valence-corrected chi connectivity index (χ4v) is 0. The van der Waals surface area contributed by atoms with E-state index in [2.05, 4.69) is 0 Å². The molecule has 0 heterocycles. The zero-order valence-electron chi connectivity index (χ0n) is 9.06. The first-order valence-electron chi connectivity index (χ1n) is 3.49. The van der Waals surface area contributed by atoms with Crippen LogP contribution in [0.2, 0.25) is 0 Å². The van der Waals surface area contributed by atoms with Gasteiger partial charge in [0.2, 0.25) is 0 Å². The van der Waals surface area contributed by atoms with Crippen molar-refractivity contribution in [2.75, 3.05) is 0 Å². The molecule has 0 amide bonds. The molecule has 0 aliphatic rings. The van der Waals surface area contributed by atoms with Crippen molar-refractivity contribution >= 4 is 29.0 Å². The van der Waals surface area contributed by atoms with Crippen molar-refractivity contribution in [2.45, 2.75) is 0 Å². The molecule has 136 valence electrons. The average Bonchev–Trinajstić information content (AvgIpc) is 1.62. The number of halogens is 16. The third-order valence-corrected chi connectivity index (χ3v) is 0. The number of rotatable bonds is 0. The molecule has 0 unspecified atom stereocenters. The van der Waals surface area contributed by atoms with E-state index in [1.54, 1.807) is 0 Å². The minimum Gasteiger partial charge on any atom is -0.418 e. The van der Waals surface area contributed by atoms with Crippen LogP contribution in [-0.2, 0) is 0 Å². The molecular formula is H3B4F16N-4. The predicted octanol–water partition coefficient (Wildman–Crippen LogP) is 5.36. The monoisotopic (exact) mass is 365 g/mol. The Balaban J connectivity index is -0.0000000533. The van der Waals surface area contributed by atoms with Gasteiger partial charge in [-0.25, -0.2) is 0 Å². The summed E-state index contributed by atoms with van der Waals surface area (Å²) in [6, 6.07) is 0. The maximum Gasteiger partial charge on any atom is 0.673 e. The minimum atomic E-state index is -6.00.